The van der Waals surface area contributed by atoms with E-state index in [1.54, 1.807) is 6.07 Å². The zero-order chi connectivity index (χ0) is 17.1. The van der Waals surface area contributed by atoms with Crippen molar-refractivity contribution in [2.45, 2.75) is 18.9 Å². The van der Waals surface area contributed by atoms with Crippen LogP contribution >= 0.6 is 0 Å². The van der Waals surface area contributed by atoms with Gasteiger partial charge in [-0.1, -0.05) is 0 Å². The van der Waals surface area contributed by atoms with Crippen molar-refractivity contribution < 1.29 is 9.13 Å². The third-order valence-corrected chi connectivity index (χ3v) is 4.28. The topological polar surface area (TPSA) is 59.1 Å². The maximum absolute atomic E-state index is 12.9. The molecule has 128 valence electrons. The fourth-order valence-corrected chi connectivity index (χ4v) is 2.96. The van der Waals surface area contributed by atoms with Crippen molar-refractivity contribution in [3.05, 3.63) is 54.7 Å². The van der Waals surface area contributed by atoms with Crippen LogP contribution in [0.25, 0.3) is 10.8 Å². The third-order valence-electron chi connectivity index (χ3n) is 4.28. The zero-order valence-electron chi connectivity index (χ0n) is 13.7. The molecule has 0 aliphatic carbocycles. The molecule has 2 aromatic heterocycles. The molecule has 1 aliphatic heterocycles. The molecule has 0 amide bonds. The second kappa shape index (κ2) is 7.03. The van der Waals surface area contributed by atoms with Gasteiger partial charge in [-0.15, -0.1) is 0 Å². The molecule has 3 aromatic rings. The Bertz CT molecular complexity index is 863. The number of benzene rings is 1. The van der Waals surface area contributed by atoms with E-state index in [9.17, 15) is 4.39 Å². The first-order chi connectivity index (χ1) is 12.3. The second-order valence-corrected chi connectivity index (χ2v) is 6.14. The molecule has 25 heavy (non-hydrogen) atoms. The summed E-state index contributed by atoms with van der Waals surface area (Å²) in [6.07, 6.45) is 5.57. The Balaban J connectivity index is 1.54. The van der Waals surface area contributed by atoms with Crippen LogP contribution in [0.5, 0.6) is 5.75 Å². The van der Waals surface area contributed by atoms with Crippen LogP contribution in [-0.4, -0.2) is 29.2 Å². The molecule has 1 aromatic carbocycles. The third kappa shape index (κ3) is 3.85. The Morgan fingerprint density at radius 3 is 2.68 bits per heavy atom. The van der Waals surface area contributed by atoms with Crippen molar-refractivity contribution in [1.82, 2.24) is 15.3 Å². The quantitative estimate of drug-likeness (QED) is 0.711. The maximum atomic E-state index is 12.9. The normalized spacial score (nSPS) is 15.2. The molecule has 0 radical (unpaired) electrons. The van der Waals surface area contributed by atoms with E-state index >= 15 is 0 Å². The molecule has 0 bridgehead atoms. The van der Waals surface area contributed by atoms with E-state index in [1.807, 2.05) is 30.5 Å². The number of rotatable bonds is 4. The number of aromatic nitrogens is 2. The molecule has 1 aliphatic rings. The van der Waals surface area contributed by atoms with E-state index in [-0.39, 0.29) is 6.10 Å². The number of fused-ring (bicyclic) bond motifs is 1. The zero-order valence-corrected chi connectivity index (χ0v) is 13.7. The van der Waals surface area contributed by atoms with Gasteiger partial charge in [0.1, 0.15) is 17.7 Å². The minimum absolute atomic E-state index is 0.267. The highest BCUT2D eigenvalue weighted by Gasteiger charge is 2.14. The highest BCUT2D eigenvalue weighted by molar-refractivity contribution is 5.85. The first-order valence-electron chi connectivity index (χ1n) is 8.42. The van der Waals surface area contributed by atoms with Crippen LogP contribution in [-0.2, 0) is 0 Å². The molecule has 0 saturated carbocycles. The Morgan fingerprint density at radius 1 is 1.00 bits per heavy atom. The Labute approximate surface area is 145 Å². The first kappa shape index (κ1) is 15.8. The van der Waals surface area contributed by atoms with Gasteiger partial charge in [0.25, 0.3) is 0 Å². The molecule has 2 N–H and O–H groups in total. The summed E-state index contributed by atoms with van der Waals surface area (Å²) in [5.41, 5.74) is 0.690. The Morgan fingerprint density at radius 2 is 1.88 bits per heavy atom. The van der Waals surface area contributed by atoms with Gasteiger partial charge in [-0.05, 0) is 67.7 Å². The number of hydrogen-bond acceptors (Lipinski definition) is 5. The number of ether oxygens (including phenoxy) is 1. The molecule has 4 rings (SSSR count). The lowest BCUT2D eigenvalue weighted by Crippen LogP contribution is -2.34. The maximum Gasteiger partial charge on any atom is 0.212 e. The molecule has 0 spiro atoms. The average Bonchev–Trinajstić information content (AvgIpc) is 2.64. The summed E-state index contributed by atoms with van der Waals surface area (Å²) >= 11 is 0. The van der Waals surface area contributed by atoms with Gasteiger partial charge in [0.15, 0.2) is 0 Å². The highest BCUT2D eigenvalue weighted by Crippen LogP contribution is 2.25. The predicted octanol–water partition coefficient (Wildman–Crippen LogP) is 3.64. The number of nitrogens with zero attached hydrogens (tertiary/aromatic N) is 2. The summed E-state index contributed by atoms with van der Waals surface area (Å²) < 4.78 is 19.0. The van der Waals surface area contributed by atoms with Crippen molar-refractivity contribution in [3.8, 4) is 5.75 Å². The Kier molecular flexibility index (Phi) is 4.43. The van der Waals surface area contributed by atoms with Gasteiger partial charge in [0.05, 0.1) is 11.9 Å². The molecule has 3 heterocycles. The van der Waals surface area contributed by atoms with Crippen LogP contribution < -0.4 is 15.4 Å². The molecule has 6 heteroatoms. The molecule has 1 fully saturated rings. The van der Waals surface area contributed by atoms with Gasteiger partial charge >= 0.3 is 0 Å². The Hall–Kier alpha value is -2.73. The summed E-state index contributed by atoms with van der Waals surface area (Å²) in [4.78, 5) is 8.02. The number of piperidine rings is 1. The average molecular weight is 338 g/mol. The van der Waals surface area contributed by atoms with Gasteiger partial charge in [-0.3, -0.25) is 0 Å². The van der Waals surface area contributed by atoms with Gasteiger partial charge in [0.2, 0.25) is 5.95 Å². The molecule has 0 atom stereocenters. The van der Waals surface area contributed by atoms with Crippen LogP contribution in [0.3, 0.4) is 0 Å². The SMILES string of the molecule is Fc1ccc(Nc2cc3cc(OC4CCNCC4)ccc3cn2)cn1. The minimum atomic E-state index is -0.503. The lowest BCUT2D eigenvalue weighted by molar-refractivity contribution is 0.162. The van der Waals surface area contributed by atoms with Crippen molar-refractivity contribution in [1.29, 1.82) is 0 Å². The van der Waals surface area contributed by atoms with Crippen molar-refractivity contribution in [2.24, 2.45) is 0 Å². The van der Waals surface area contributed by atoms with Gasteiger partial charge < -0.3 is 15.4 Å². The fourth-order valence-electron chi connectivity index (χ4n) is 2.96. The van der Waals surface area contributed by atoms with Gasteiger partial charge in [0, 0.05) is 11.6 Å². The summed E-state index contributed by atoms with van der Waals surface area (Å²) in [5, 5.41) is 8.56. The molecular weight excluding hydrogens is 319 g/mol. The molecule has 5 nitrogen and oxygen atoms in total. The number of nitrogens with one attached hydrogen (secondary N) is 2. The number of halogens is 1. The van der Waals surface area contributed by atoms with E-state index < -0.39 is 5.95 Å². The molecule has 0 unspecified atom stereocenters. The molecule has 1 saturated heterocycles. The van der Waals surface area contributed by atoms with E-state index in [1.165, 1.54) is 12.3 Å². The monoisotopic (exact) mass is 338 g/mol. The summed E-state index contributed by atoms with van der Waals surface area (Å²) in [6, 6.07) is 10.9. The predicted molar refractivity (Wildman–Crippen MR) is 95.7 cm³/mol. The van der Waals surface area contributed by atoms with Crippen LogP contribution in [0.2, 0.25) is 0 Å². The van der Waals surface area contributed by atoms with Gasteiger partial charge in [-0.2, -0.15) is 4.39 Å². The smallest absolute Gasteiger partial charge is 0.212 e. The first-order valence-corrected chi connectivity index (χ1v) is 8.42. The number of anilines is 2. The van der Waals surface area contributed by atoms with E-state index in [0.717, 1.165) is 42.5 Å². The van der Waals surface area contributed by atoms with Crippen LogP contribution in [0, 0.1) is 5.95 Å². The van der Waals surface area contributed by atoms with E-state index in [2.05, 4.69) is 20.6 Å². The van der Waals surface area contributed by atoms with Crippen LogP contribution in [0.1, 0.15) is 12.8 Å². The lowest BCUT2D eigenvalue weighted by atomic mass is 10.1. The minimum Gasteiger partial charge on any atom is -0.490 e. The highest BCUT2D eigenvalue weighted by atomic mass is 19.1. The molecular formula is C19H19FN4O. The van der Waals surface area contributed by atoms with Crippen molar-refractivity contribution in [2.75, 3.05) is 18.4 Å². The standard InChI is InChI=1S/C19H19FN4O/c20-18-4-2-15(12-22-18)24-19-10-14-9-17(3-1-13(14)11-23-19)25-16-5-7-21-8-6-16/h1-4,9-12,16,21H,5-8H2,(H,23,24). The number of pyridine rings is 2. The summed E-state index contributed by atoms with van der Waals surface area (Å²) in [6.45, 7) is 2.00. The van der Waals surface area contributed by atoms with Crippen LogP contribution in [0.15, 0.2) is 48.8 Å². The fraction of sp³-hybridized carbons (Fsp3) is 0.263. The van der Waals surface area contributed by atoms with Gasteiger partial charge in [-0.25, -0.2) is 9.97 Å². The van der Waals surface area contributed by atoms with E-state index in [4.69, 9.17) is 4.74 Å². The summed E-state index contributed by atoms with van der Waals surface area (Å²) in [7, 11) is 0. The number of hydrogen-bond donors (Lipinski definition) is 2. The van der Waals surface area contributed by atoms with Crippen molar-refractivity contribution in [3.63, 3.8) is 0 Å². The van der Waals surface area contributed by atoms with Crippen LogP contribution in [0.4, 0.5) is 15.9 Å². The van der Waals surface area contributed by atoms with E-state index in [0.29, 0.717) is 11.5 Å². The lowest BCUT2D eigenvalue weighted by Gasteiger charge is -2.24. The largest absolute Gasteiger partial charge is 0.490 e. The second-order valence-electron chi connectivity index (χ2n) is 6.14. The van der Waals surface area contributed by atoms with Crippen molar-refractivity contribution >= 4 is 22.3 Å². The summed E-state index contributed by atoms with van der Waals surface area (Å²) in [5.74, 6) is 1.05.